The summed E-state index contributed by atoms with van der Waals surface area (Å²) >= 11 is 1.79. The van der Waals surface area contributed by atoms with Gasteiger partial charge in [0, 0.05) is 12.6 Å². The Balaban J connectivity index is 2.38. The van der Waals surface area contributed by atoms with Gasteiger partial charge in [0.15, 0.2) is 0 Å². The van der Waals surface area contributed by atoms with Gasteiger partial charge in [0.25, 0.3) is 5.56 Å². The highest BCUT2D eigenvalue weighted by Gasteiger charge is 2.33. The Morgan fingerprint density at radius 2 is 2.33 bits per heavy atom. The van der Waals surface area contributed by atoms with Gasteiger partial charge in [-0.25, -0.2) is 4.79 Å². The Hall–Kier alpha value is -1.20. The van der Waals surface area contributed by atoms with Crippen molar-refractivity contribution in [2.24, 2.45) is 5.16 Å². The summed E-state index contributed by atoms with van der Waals surface area (Å²) in [5.74, 6) is 0. The summed E-state index contributed by atoms with van der Waals surface area (Å²) in [5.41, 5.74) is -0.818. The monoisotopic (exact) mass is 367 g/mol. The van der Waals surface area contributed by atoms with Crippen molar-refractivity contribution in [2.45, 2.75) is 18.8 Å². The normalized spacial score (nSPS) is 25.8. The van der Waals surface area contributed by atoms with Crippen LogP contribution in [0.25, 0.3) is 0 Å². The highest BCUT2D eigenvalue weighted by molar-refractivity contribution is 14.1. The summed E-state index contributed by atoms with van der Waals surface area (Å²) < 4.78 is 6.91. The van der Waals surface area contributed by atoms with Crippen molar-refractivity contribution in [1.29, 1.82) is 0 Å². The van der Waals surface area contributed by atoms with Crippen LogP contribution in [0.4, 0.5) is 0 Å². The van der Waals surface area contributed by atoms with E-state index in [4.69, 9.17) is 15.1 Å². The highest BCUT2D eigenvalue weighted by atomic mass is 127. The molecule has 1 saturated heterocycles. The average Bonchev–Trinajstić information content (AvgIpc) is 2.76. The van der Waals surface area contributed by atoms with Gasteiger partial charge in [-0.3, -0.25) is 14.3 Å². The van der Waals surface area contributed by atoms with Crippen LogP contribution in [0.3, 0.4) is 0 Å². The number of oxime groups is 1. The van der Waals surface area contributed by atoms with Gasteiger partial charge in [-0.2, -0.15) is 0 Å². The van der Waals surface area contributed by atoms with Crippen LogP contribution >= 0.6 is 22.6 Å². The number of H-pyrrole nitrogens is 1. The van der Waals surface area contributed by atoms with Crippen LogP contribution in [-0.4, -0.2) is 38.3 Å². The molecule has 0 amide bonds. The molecule has 18 heavy (non-hydrogen) atoms. The molecule has 1 aromatic rings. The Bertz CT molecular complexity index is 593. The van der Waals surface area contributed by atoms with Crippen LogP contribution in [-0.2, 0) is 4.74 Å². The van der Waals surface area contributed by atoms with E-state index in [9.17, 15) is 9.59 Å². The van der Waals surface area contributed by atoms with E-state index in [-0.39, 0.29) is 18.7 Å². The molecule has 9 heteroatoms. The summed E-state index contributed by atoms with van der Waals surface area (Å²) in [6, 6.07) is 0. The third-order valence-electron chi connectivity index (χ3n) is 2.61. The van der Waals surface area contributed by atoms with Crippen molar-refractivity contribution in [3.05, 3.63) is 30.6 Å². The van der Waals surface area contributed by atoms with Crippen molar-refractivity contribution in [1.82, 2.24) is 9.55 Å². The van der Waals surface area contributed by atoms with E-state index in [0.29, 0.717) is 3.57 Å². The van der Waals surface area contributed by atoms with Gasteiger partial charge < -0.3 is 15.1 Å². The summed E-state index contributed by atoms with van der Waals surface area (Å²) in [7, 11) is 0. The molecule has 0 bridgehead atoms. The third-order valence-corrected chi connectivity index (χ3v) is 3.37. The van der Waals surface area contributed by atoms with E-state index in [1.165, 1.54) is 10.8 Å². The lowest BCUT2D eigenvalue weighted by molar-refractivity contribution is -0.0153. The van der Waals surface area contributed by atoms with Gasteiger partial charge in [-0.1, -0.05) is 5.16 Å². The molecule has 0 aliphatic carbocycles. The summed E-state index contributed by atoms with van der Waals surface area (Å²) in [6.45, 7) is -0.342. The third kappa shape index (κ3) is 2.33. The molecular formula is C9H10IN3O5. The quantitative estimate of drug-likeness (QED) is 0.361. The minimum atomic E-state index is -0.739. The maximum atomic E-state index is 11.6. The van der Waals surface area contributed by atoms with Crippen molar-refractivity contribution in [3.63, 3.8) is 0 Å². The fraction of sp³-hybridized carbons (Fsp3) is 0.444. The predicted molar refractivity (Wildman–Crippen MR) is 68.9 cm³/mol. The first kappa shape index (κ1) is 13.2. The molecule has 1 fully saturated rings. The second-order valence-corrected chi connectivity index (χ2v) is 4.86. The Labute approximate surface area is 114 Å². The summed E-state index contributed by atoms with van der Waals surface area (Å²) in [4.78, 5) is 25.0. The number of rotatable bonds is 2. The number of hydrogen-bond acceptors (Lipinski definition) is 6. The van der Waals surface area contributed by atoms with E-state index >= 15 is 0 Å². The maximum absolute atomic E-state index is 11.6. The second-order valence-electron chi connectivity index (χ2n) is 3.70. The number of aromatic nitrogens is 2. The molecule has 8 nitrogen and oxygen atoms in total. The van der Waals surface area contributed by atoms with E-state index in [1.54, 1.807) is 22.6 Å². The number of aromatic amines is 1. The van der Waals surface area contributed by atoms with Crippen molar-refractivity contribution in [3.8, 4) is 0 Å². The Morgan fingerprint density at radius 1 is 1.61 bits per heavy atom. The molecule has 2 atom stereocenters. The zero-order valence-electron chi connectivity index (χ0n) is 9.04. The van der Waals surface area contributed by atoms with Crippen molar-refractivity contribution < 1.29 is 15.1 Å². The molecule has 1 aromatic heterocycles. The number of ether oxygens (including phenoxy) is 1. The van der Waals surface area contributed by atoms with Gasteiger partial charge in [-0.05, 0) is 22.6 Å². The average molecular weight is 367 g/mol. The lowest BCUT2D eigenvalue weighted by Gasteiger charge is -2.13. The number of nitrogens with one attached hydrogen (secondary N) is 1. The molecule has 1 aliphatic rings. The molecule has 0 spiro atoms. The second kappa shape index (κ2) is 5.20. The van der Waals surface area contributed by atoms with Crippen LogP contribution in [0.5, 0.6) is 0 Å². The zero-order valence-corrected chi connectivity index (χ0v) is 11.2. The van der Waals surface area contributed by atoms with Gasteiger partial charge in [0.05, 0.1) is 15.9 Å². The lowest BCUT2D eigenvalue weighted by atomic mass is 10.2. The topological polar surface area (TPSA) is 117 Å². The van der Waals surface area contributed by atoms with E-state index < -0.39 is 23.6 Å². The molecule has 0 aromatic carbocycles. The molecule has 98 valence electrons. The molecule has 0 radical (unpaired) electrons. The molecule has 2 heterocycles. The molecule has 1 aliphatic heterocycles. The van der Waals surface area contributed by atoms with Gasteiger partial charge in [0.1, 0.15) is 12.3 Å². The molecular weight excluding hydrogens is 357 g/mol. The maximum Gasteiger partial charge on any atom is 0.330 e. The molecule has 3 N–H and O–H groups in total. The smallest absolute Gasteiger partial charge is 0.330 e. The van der Waals surface area contributed by atoms with Gasteiger partial charge in [0.2, 0.25) is 0 Å². The molecule has 0 saturated carbocycles. The van der Waals surface area contributed by atoms with Crippen LogP contribution in [0.2, 0.25) is 0 Å². The number of aliphatic hydroxyl groups is 1. The zero-order chi connectivity index (χ0) is 13.3. The molecule has 2 unspecified atom stereocenters. The Kier molecular flexibility index (Phi) is 3.82. The number of halogens is 1. The fourth-order valence-electron chi connectivity index (χ4n) is 1.72. The number of nitrogens with zero attached hydrogens (tertiary/aromatic N) is 2. The number of aliphatic hydroxyl groups excluding tert-OH is 1. The summed E-state index contributed by atoms with van der Waals surface area (Å²) in [5, 5.41) is 20.8. The summed E-state index contributed by atoms with van der Waals surface area (Å²) in [6.07, 6.45) is 0.0904. The minimum Gasteiger partial charge on any atom is -0.411 e. The van der Waals surface area contributed by atoms with E-state index in [2.05, 4.69) is 10.1 Å². The predicted octanol–water partition coefficient (Wildman–Crippen LogP) is -0.749. The van der Waals surface area contributed by atoms with E-state index in [0.717, 1.165) is 0 Å². The first-order chi connectivity index (χ1) is 8.56. The Morgan fingerprint density at radius 3 is 2.89 bits per heavy atom. The van der Waals surface area contributed by atoms with Crippen molar-refractivity contribution in [2.75, 3.05) is 6.61 Å². The van der Waals surface area contributed by atoms with E-state index in [1.807, 2.05) is 0 Å². The lowest BCUT2D eigenvalue weighted by Crippen LogP contribution is -2.33. The van der Waals surface area contributed by atoms with Crippen LogP contribution in [0, 0.1) is 3.57 Å². The van der Waals surface area contributed by atoms with Crippen LogP contribution in [0.1, 0.15) is 12.6 Å². The number of hydrogen-bond donors (Lipinski definition) is 3. The highest BCUT2D eigenvalue weighted by Crippen LogP contribution is 2.24. The van der Waals surface area contributed by atoms with Crippen LogP contribution < -0.4 is 11.2 Å². The van der Waals surface area contributed by atoms with Crippen LogP contribution in [0.15, 0.2) is 20.9 Å². The van der Waals surface area contributed by atoms with Gasteiger partial charge >= 0.3 is 5.69 Å². The largest absolute Gasteiger partial charge is 0.411 e. The standard InChI is InChI=1S/C9H10IN3O5/c10-4-2-13(9(16)11-8(4)15)7-1-5(12-17)6(3-14)18-7/h2,6-7,14,17H,1,3H2,(H,11,15,16)/b12-5-. The van der Waals surface area contributed by atoms with Crippen molar-refractivity contribution >= 4 is 28.3 Å². The first-order valence-electron chi connectivity index (χ1n) is 5.05. The minimum absolute atomic E-state index is 0.170. The van der Waals surface area contributed by atoms with Gasteiger partial charge in [-0.15, -0.1) is 0 Å². The first-order valence-corrected chi connectivity index (χ1v) is 6.12. The SMILES string of the molecule is O=c1[nH]c(=O)n(C2C/C(=N/O)C(CO)O2)cc1I. The molecule has 2 rings (SSSR count). The fourth-order valence-corrected chi connectivity index (χ4v) is 2.15.